The lowest BCUT2D eigenvalue weighted by Gasteiger charge is -2.04. The lowest BCUT2D eigenvalue weighted by atomic mass is 10.1. The van der Waals surface area contributed by atoms with Crippen LogP contribution in [0.1, 0.15) is 15.9 Å². The fourth-order valence-corrected chi connectivity index (χ4v) is 1.34. The molecule has 0 saturated carbocycles. The third kappa shape index (κ3) is 3.01. The zero-order valence-corrected chi connectivity index (χ0v) is 9.00. The Morgan fingerprint density at radius 2 is 1.82 bits per heavy atom. The molecule has 0 unspecified atom stereocenters. The van der Waals surface area contributed by atoms with Gasteiger partial charge in [0.25, 0.3) is 0 Å². The molecule has 1 heterocycles. The number of carboxylic acid groups (broad SMARTS) is 1. The third-order valence-electron chi connectivity index (χ3n) is 2.22. The monoisotopic (exact) mass is 229 g/mol. The van der Waals surface area contributed by atoms with Crippen LogP contribution in [0.4, 0.5) is 5.95 Å². The highest BCUT2D eigenvalue weighted by Crippen LogP contribution is 2.06. The molecule has 0 spiro atoms. The Bertz CT molecular complexity index is 497. The first-order valence-corrected chi connectivity index (χ1v) is 5.09. The molecule has 0 aliphatic heterocycles. The Morgan fingerprint density at radius 3 is 2.41 bits per heavy atom. The highest BCUT2D eigenvalue weighted by Gasteiger charge is 2.01. The van der Waals surface area contributed by atoms with Gasteiger partial charge in [-0.15, -0.1) is 0 Å². The molecule has 5 heteroatoms. The summed E-state index contributed by atoms with van der Waals surface area (Å²) in [6.45, 7) is 0.559. The fraction of sp³-hybridized carbons (Fsp3) is 0.0833. The summed E-state index contributed by atoms with van der Waals surface area (Å²) in [5.74, 6) is -0.370. The van der Waals surface area contributed by atoms with Gasteiger partial charge in [0.2, 0.25) is 5.95 Å². The molecule has 2 N–H and O–H groups in total. The summed E-state index contributed by atoms with van der Waals surface area (Å²) in [4.78, 5) is 18.7. The minimum Gasteiger partial charge on any atom is -0.478 e. The first-order valence-electron chi connectivity index (χ1n) is 5.09. The van der Waals surface area contributed by atoms with Gasteiger partial charge in [0, 0.05) is 18.9 Å². The first-order chi connectivity index (χ1) is 8.25. The number of aromatic nitrogens is 2. The van der Waals surface area contributed by atoms with Crippen molar-refractivity contribution in [1.82, 2.24) is 9.97 Å². The van der Waals surface area contributed by atoms with Crippen molar-refractivity contribution in [2.24, 2.45) is 0 Å². The maximum absolute atomic E-state index is 10.7. The van der Waals surface area contributed by atoms with Gasteiger partial charge in [-0.25, -0.2) is 14.8 Å². The predicted octanol–water partition coefficient (Wildman–Crippen LogP) is 1.79. The van der Waals surface area contributed by atoms with Crippen LogP contribution in [-0.4, -0.2) is 21.0 Å². The van der Waals surface area contributed by atoms with Crippen molar-refractivity contribution in [3.05, 3.63) is 53.9 Å². The van der Waals surface area contributed by atoms with Gasteiger partial charge < -0.3 is 10.4 Å². The summed E-state index contributed by atoms with van der Waals surface area (Å²) in [6.07, 6.45) is 3.31. The Labute approximate surface area is 98.2 Å². The van der Waals surface area contributed by atoms with Crippen LogP contribution in [0.5, 0.6) is 0 Å². The molecule has 0 atom stereocenters. The van der Waals surface area contributed by atoms with Crippen molar-refractivity contribution in [2.45, 2.75) is 6.54 Å². The van der Waals surface area contributed by atoms with E-state index in [1.807, 2.05) is 0 Å². The van der Waals surface area contributed by atoms with E-state index in [1.54, 1.807) is 42.7 Å². The quantitative estimate of drug-likeness (QED) is 0.835. The van der Waals surface area contributed by atoms with Crippen LogP contribution in [0.25, 0.3) is 0 Å². The fourth-order valence-electron chi connectivity index (χ4n) is 1.34. The van der Waals surface area contributed by atoms with Crippen molar-refractivity contribution < 1.29 is 9.90 Å². The zero-order valence-electron chi connectivity index (χ0n) is 9.00. The molecule has 0 aliphatic carbocycles. The SMILES string of the molecule is O=C(O)c1ccc(CNc2ncccn2)cc1. The van der Waals surface area contributed by atoms with Gasteiger partial charge >= 0.3 is 5.97 Å². The van der Waals surface area contributed by atoms with E-state index in [4.69, 9.17) is 5.11 Å². The minimum atomic E-state index is -0.920. The highest BCUT2D eigenvalue weighted by atomic mass is 16.4. The predicted molar refractivity (Wildman–Crippen MR) is 62.8 cm³/mol. The average Bonchev–Trinajstić information content (AvgIpc) is 2.38. The largest absolute Gasteiger partial charge is 0.478 e. The van der Waals surface area contributed by atoms with E-state index in [-0.39, 0.29) is 5.56 Å². The van der Waals surface area contributed by atoms with E-state index in [0.29, 0.717) is 12.5 Å². The van der Waals surface area contributed by atoms with E-state index in [0.717, 1.165) is 5.56 Å². The maximum atomic E-state index is 10.7. The number of hydrogen-bond acceptors (Lipinski definition) is 4. The molecule has 0 fully saturated rings. The van der Waals surface area contributed by atoms with Crippen LogP contribution < -0.4 is 5.32 Å². The van der Waals surface area contributed by atoms with Gasteiger partial charge in [-0.2, -0.15) is 0 Å². The van der Waals surface area contributed by atoms with Crippen molar-refractivity contribution >= 4 is 11.9 Å². The second-order valence-electron chi connectivity index (χ2n) is 3.43. The van der Waals surface area contributed by atoms with Crippen LogP contribution in [0.15, 0.2) is 42.7 Å². The molecule has 0 saturated heterocycles. The number of anilines is 1. The van der Waals surface area contributed by atoms with Crippen molar-refractivity contribution in [1.29, 1.82) is 0 Å². The van der Waals surface area contributed by atoms with Crippen LogP contribution in [0.3, 0.4) is 0 Å². The van der Waals surface area contributed by atoms with E-state index in [1.165, 1.54) is 0 Å². The number of nitrogens with one attached hydrogen (secondary N) is 1. The summed E-state index contributed by atoms with van der Waals surface area (Å²) in [5.41, 5.74) is 1.26. The van der Waals surface area contributed by atoms with Gasteiger partial charge in [-0.3, -0.25) is 0 Å². The highest BCUT2D eigenvalue weighted by molar-refractivity contribution is 5.87. The van der Waals surface area contributed by atoms with Crippen LogP contribution >= 0.6 is 0 Å². The molecule has 5 nitrogen and oxygen atoms in total. The molecule has 0 radical (unpaired) electrons. The third-order valence-corrected chi connectivity index (χ3v) is 2.22. The van der Waals surface area contributed by atoms with E-state index >= 15 is 0 Å². The Kier molecular flexibility index (Phi) is 3.30. The standard InChI is InChI=1S/C12H11N3O2/c16-11(17)10-4-2-9(3-5-10)8-15-12-13-6-1-7-14-12/h1-7H,8H2,(H,16,17)(H,13,14,15). The minimum absolute atomic E-state index is 0.282. The Balaban J connectivity index is 1.98. The van der Waals surface area contributed by atoms with Crippen molar-refractivity contribution in [3.8, 4) is 0 Å². The Morgan fingerprint density at radius 1 is 1.18 bits per heavy atom. The molecule has 0 amide bonds. The van der Waals surface area contributed by atoms with Gasteiger partial charge in [-0.1, -0.05) is 12.1 Å². The number of carbonyl (C=O) groups is 1. The van der Waals surface area contributed by atoms with Gasteiger partial charge in [0.1, 0.15) is 0 Å². The van der Waals surface area contributed by atoms with Crippen molar-refractivity contribution in [2.75, 3.05) is 5.32 Å². The normalized spacial score (nSPS) is 9.88. The molecular formula is C12H11N3O2. The summed E-state index contributed by atoms with van der Waals surface area (Å²) in [5, 5.41) is 11.8. The molecular weight excluding hydrogens is 218 g/mol. The summed E-state index contributed by atoms with van der Waals surface area (Å²) >= 11 is 0. The second-order valence-corrected chi connectivity index (χ2v) is 3.43. The molecule has 2 aromatic rings. The second kappa shape index (κ2) is 5.07. The topological polar surface area (TPSA) is 75.1 Å². The van der Waals surface area contributed by atoms with Crippen LogP contribution in [0.2, 0.25) is 0 Å². The van der Waals surface area contributed by atoms with Gasteiger partial charge in [0.05, 0.1) is 5.56 Å². The number of benzene rings is 1. The maximum Gasteiger partial charge on any atom is 0.335 e. The van der Waals surface area contributed by atoms with E-state index in [9.17, 15) is 4.79 Å². The summed E-state index contributed by atoms with van der Waals surface area (Å²) < 4.78 is 0. The molecule has 17 heavy (non-hydrogen) atoms. The number of aromatic carboxylic acids is 1. The summed E-state index contributed by atoms with van der Waals surface area (Å²) in [6, 6.07) is 8.42. The molecule has 2 rings (SSSR count). The molecule has 0 aliphatic rings. The molecule has 1 aromatic carbocycles. The van der Waals surface area contributed by atoms with Gasteiger partial charge in [-0.05, 0) is 23.8 Å². The summed E-state index contributed by atoms with van der Waals surface area (Å²) in [7, 11) is 0. The van der Waals surface area contributed by atoms with Gasteiger partial charge in [0.15, 0.2) is 0 Å². The zero-order chi connectivity index (χ0) is 12.1. The molecule has 0 bridgehead atoms. The van der Waals surface area contributed by atoms with E-state index in [2.05, 4.69) is 15.3 Å². The van der Waals surface area contributed by atoms with Crippen LogP contribution in [0, 0.1) is 0 Å². The lowest BCUT2D eigenvalue weighted by molar-refractivity contribution is 0.0697. The number of carboxylic acids is 1. The molecule has 1 aromatic heterocycles. The average molecular weight is 229 g/mol. The Hall–Kier alpha value is -2.43. The lowest BCUT2D eigenvalue weighted by Crippen LogP contribution is -2.03. The van der Waals surface area contributed by atoms with Crippen LogP contribution in [-0.2, 0) is 6.54 Å². The van der Waals surface area contributed by atoms with E-state index < -0.39 is 5.97 Å². The number of hydrogen-bond donors (Lipinski definition) is 2. The number of rotatable bonds is 4. The van der Waals surface area contributed by atoms with Crippen molar-refractivity contribution in [3.63, 3.8) is 0 Å². The first kappa shape index (κ1) is 11.1. The molecule has 86 valence electrons. The number of nitrogens with zero attached hydrogens (tertiary/aromatic N) is 2. The smallest absolute Gasteiger partial charge is 0.335 e.